The van der Waals surface area contributed by atoms with E-state index in [1.807, 2.05) is 29.2 Å². The van der Waals surface area contributed by atoms with Crippen molar-refractivity contribution in [1.29, 1.82) is 0 Å². The van der Waals surface area contributed by atoms with E-state index in [0.29, 0.717) is 48.0 Å². The normalized spacial score (nSPS) is 19.9. The molecule has 186 valence electrons. The van der Waals surface area contributed by atoms with Crippen LogP contribution in [0.4, 0.5) is 0 Å². The third-order valence-electron chi connectivity index (χ3n) is 6.65. The molecule has 3 aliphatic rings. The fourth-order valence-corrected chi connectivity index (χ4v) is 5.61. The Hall–Kier alpha value is -4.32. The average molecular weight is 516 g/mol. The Kier molecular flexibility index (Phi) is 5.80. The molecular formula is C25H21N7O4S. The molecule has 11 nitrogen and oxygen atoms in total. The van der Waals surface area contributed by atoms with Crippen LogP contribution in [0.2, 0.25) is 0 Å². The molecule has 1 fully saturated rings. The van der Waals surface area contributed by atoms with Crippen molar-refractivity contribution in [3.8, 4) is 22.6 Å². The van der Waals surface area contributed by atoms with Gasteiger partial charge < -0.3 is 4.90 Å². The first-order valence-electron chi connectivity index (χ1n) is 11.9. The van der Waals surface area contributed by atoms with Crippen molar-refractivity contribution in [3.63, 3.8) is 0 Å². The van der Waals surface area contributed by atoms with Crippen molar-refractivity contribution in [1.82, 2.24) is 34.4 Å². The second-order valence-corrected chi connectivity index (χ2v) is 9.82. The molecule has 0 spiro atoms. The Labute approximate surface area is 215 Å². The fraction of sp³-hybridized carbons (Fsp3) is 0.280. The molecule has 5 heterocycles. The molecule has 0 bridgehead atoms. The van der Waals surface area contributed by atoms with E-state index in [4.69, 9.17) is 4.98 Å². The van der Waals surface area contributed by atoms with E-state index in [-0.39, 0.29) is 12.8 Å². The highest BCUT2D eigenvalue weighted by atomic mass is 32.1. The summed E-state index contributed by atoms with van der Waals surface area (Å²) in [6, 6.07) is 6.76. The number of aromatic nitrogens is 4. The molecule has 3 aliphatic heterocycles. The summed E-state index contributed by atoms with van der Waals surface area (Å²) in [5.74, 6) is -1.37. The topological polar surface area (TPSA) is 138 Å². The summed E-state index contributed by atoms with van der Waals surface area (Å²) < 4.78 is 4.52. The predicted octanol–water partition coefficient (Wildman–Crippen LogP) is 1.69. The van der Waals surface area contributed by atoms with E-state index in [1.165, 1.54) is 11.5 Å². The Bertz CT molecular complexity index is 1470. The smallest absolute Gasteiger partial charge is 0.278 e. The third kappa shape index (κ3) is 4.18. The van der Waals surface area contributed by atoms with Crippen LogP contribution in [0, 0.1) is 0 Å². The lowest BCUT2D eigenvalue weighted by atomic mass is 10.0. The lowest BCUT2D eigenvalue weighted by Gasteiger charge is -2.30. The number of carbonyl (C=O) groups is 4. The van der Waals surface area contributed by atoms with Crippen molar-refractivity contribution in [2.75, 3.05) is 6.54 Å². The number of piperidine rings is 1. The van der Waals surface area contributed by atoms with Crippen LogP contribution in [0.15, 0.2) is 54.1 Å². The van der Waals surface area contributed by atoms with Gasteiger partial charge in [0.2, 0.25) is 11.8 Å². The van der Waals surface area contributed by atoms with Gasteiger partial charge in [-0.3, -0.25) is 39.4 Å². The summed E-state index contributed by atoms with van der Waals surface area (Å²) in [6.45, 7) is 0.903. The van der Waals surface area contributed by atoms with Crippen molar-refractivity contribution >= 4 is 35.2 Å². The SMILES string of the molecule is O=C1CCC(N2C(=O)C3=C(C2=O)N(Cc2nc(-c4cccc(-c5cnccn5)c4)ns2)CCC3)C(=O)N1. The third-order valence-corrected chi connectivity index (χ3v) is 7.35. The number of hydrogen-bond donors (Lipinski definition) is 1. The maximum Gasteiger partial charge on any atom is 0.278 e. The van der Waals surface area contributed by atoms with Gasteiger partial charge in [0.15, 0.2) is 5.82 Å². The first-order chi connectivity index (χ1) is 18.0. The largest absolute Gasteiger partial charge is 0.360 e. The summed E-state index contributed by atoms with van der Waals surface area (Å²) in [7, 11) is 0. The van der Waals surface area contributed by atoms with Gasteiger partial charge in [-0.15, -0.1) is 0 Å². The molecule has 1 saturated heterocycles. The molecule has 1 atom stereocenters. The van der Waals surface area contributed by atoms with Crippen LogP contribution in [0.1, 0.15) is 30.7 Å². The van der Waals surface area contributed by atoms with Crippen LogP contribution < -0.4 is 5.32 Å². The Morgan fingerprint density at radius 3 is 2.73 bits per heavy atom. The zero-order chi connectivity index (χ0) is 25.5. The molecule has 0 aliphatic carbocycles. The number of nitrogens with one attached hydrogen (secondary N) is 1. The number of amides is 4. The molecule has 37 heavy (non-hydrogen) atoms. The highest BCUT2D eigenvalue weighted by Crippen LogP contribution is 2.35. The molecule has 3 aromatic rings. The van der Waals surface area contributed by atoms with Crippen molar-refractivity contribution < 1.29 is 19.2 Å². The van der Waals surface area contributed by atoms with Gasteiger partial charge in [-0.2, -0.15) is 4.37 Å². The van der Waals surface area contributed by atoms with E-state index in [1.54, 1.807) is 18.6 Å². The predicted molar refractivity (Wildman–Crippen MR) is 131 cm³/mol. The van der Waals surface area contributed by atoms with Crippen LogP contribution in [0.5, 0.6) is 0 Å². The molecule has 1 unspecified atom stereocenters. The van der Waals surface area contributed by atoms with Gasteiger partial charge in [0.1, 0.15) is 16.7 Å². The molecule has 0 saturated carbocycles. The van der Waals surface area contributed by atoms with Crippen molar-refractivity contribution in [2.24, 2.45) is 0 Å². The minimum atomic E-state index is -0.972. The van der Waals surface area contributed by atoms with Gasteiger partial charge in [-0.1, -0.05) is 18.2 Å². The van der Waals surface area contributed by atoms with Gasteiger partial charge in [0, 0.05) is 42.1 Å². The lowest BCUT2D eigenvalue weighted by molar-refractivity contribution is -0.150. The van der Waals surface area contributed by atoms with Gasteiger partial charge in [-0.25, -0.2) is 4.98 Å². The maximum absolute atomic E-state index is 13.4. The van der Waals surface area contributed by atoms with Crippen molar-refractivity contribution in [2.45, 2.75) is 38.3 Å². The zero-order valence-electron chi connectivity index (χ0n) is 19.6. The minimum Gasteiger partial charge on any atom is -0.360 e. The molecule has 2 aromatic heterocycles. The molecule has 1 aromatic carbocycles. The number of imide groups is 2. The maximum atomic E-state index is 13.4. The first kappa shape index (κ1) is 23.1. The van der Waals surface area contributed by atoms with Gasteiger partial charge >= 0.3 is 0 Å². The van der Waals surface area contributed by atoms with E-state index >= 15 is 0 Å². The Morgan fingerprint density at radius 1 is 1.05 bits per heavy atom. The Balaban J connectivity index is 1.22. The summed E-state index contributed by atoms with van der Waals surface area (Å²) in [5, 5.41) is 2.93. The molecule has 0 radical (unpaired) electrons. The average Bonchev–Trinajstić information content (AvgIpc) is 3.48. The Morgan fingerprint density at radius 2 is 1.92 bits per heavy atom. The van der Waals surface area contributed by atoms with E-state index in [2.05, 4.69) is 19.7 Å². The van der Waals surface area contributed by atoms with Gasteiger partial charge in [0.05, 0.1) is 18.4 Å². The summed E-state index contributed by atoms with van der Waals surface area (Å²) in [6.07, 6.45) is 6.35. The molecule has 4 amide bonds. The van der Waals surface area contributed by atoms with E-state index in [0.717, 1.165) is 21.7 Å². The molecule has 12 heteroatoms. The fourth-order valence-electron chi connectivity index (χ4n) is 4.93. The number of rotatable bonds is 5. The van der Waals surface area contributed by atoms with Crippen LogP contribution in [0.25, 0.3) is 22.6 Å². The minimum absolute atomic E-state index is 0.0907. The molecular weight excluding hydrogens is 494 g/mol. The number of nitrogens with zero attached hydrogens (tertiary/aromatic N) is 6. The second kappa shape index (κ2) is 9.28. The number of hydrogen-bond acceptors (Lipinski definition) is 10. The lowest BCUT2D eigenvalue weighted by Crippen LogP contribution is -2.55. The molecule has 1 N–H and O–H groups in total. The number of carbonyl (C=O) groups excluding carboxylic acids is 4. The monoisotopic (exact) mass is 515 g/mol. The zero-order valence-corrected chi connectivity index (χ0v) is 20.4. The van der Waals surface area contributed by atoms with Gasteiger partial charge in [-0.05, 0) is 36.9 Å². The quantitative estimate of drug-likeness (QED) is 0.503. The highest BCUT2D eigenvalue weighted by Gasteiger charge is 2.48. The van der Waals surface area contributed by atoms with Crippen LogP contribution in [-0.2, 0) is 25.7 Å². The van der Waals surface area contributed by atoms with Gasteiger partial charge in [0.25, 0.3) is 11.8 Å². The van der Waals surface area contributed by atoms with E-state index in [9.17, 15) is 19.2 Å². The standard InChI is InChI=1S/C25H21N7O4S/c33-19-7-6-18(23(34)28-19)32-24(35)16-5-2-10-31(21(16)25(32)36)13-20-29-22(30-37-20)15-4-1-3-14(11-15)17-12-26-8-9-27-17/h1,3-4,8-9,11-12,18H,2,5-7,10,13H2,(H,28,33,34). The second-order valence-electron chi connectivity index (χ2n) is 8.98. The molecule has 6 rings (SSSR count). The summed E-state index contributed by atoms with van der Waals surface area (Å²) in [4.78, 5) is 66.5. The summed E-state index contributed by atoms with van der Waals surface area (Å²) in [5.41, 5.74) is 3.22. The van der Waals surface area contributed by atoms with Crippen LogP contribution in [-0.4, -0.2) is 65.3 Å². The van der Waals surface area contributed by atoms with Crippen LogP contribution >= 0.6 is 11.5 Å². The van der Waals surface area contributed by atoms with Crippen molar-refractivity contribution in [3.05, 3.63) is 59.1 Å². The first-order valence-corrected chi connectivity index (χ1v) is 12.7. The van der Waals surface area contributed by atoms with Crippen LogP contribution in [0.3, 0.4) is 0 Å². The number of benzene rings is 1. The van der Waals surface area contributed by atoms with E-state index < -0.39 is 29.7 Å². The summed E-state index contributed by atoms with van der Waals surface area (Å²) >= 11 is 1.24. The highest BCUT2D eigenvalue weighted by molar-refractivity contribution is 7.05.